The predicted molar refractivity (Wildman–Crippen MR) is 137 cm³/mol. The number of rotatable bonds is 6. The lowest BCUT2D eigenvalue weighted by Crippen LogP contribution is -2.41. The van der Waals surface area contributed by atoms with Crippen molar-refractivity contribution in [2.75, 3.05) is 13.2 Å². The fraction of sp³-hybridized carbons (Fsp3) is 0.214. The minimum atomic E-state index is -1.69. The zero-order chi connectivity index (χ0) is 27.2. The molecule has 0 aliphatic carbocycles. The first-order valence-electron chi connectivity index (χ1n) is 11.8. The highest BCUT2D eigenvalue weighted by Crippen LogP contribution is 2.45. The van der Waals surface area contributed by atoms with Crippen LogP contribution in [0, 0.1) is 5.82 Å². The maximum absolute atomic E-state index is 13.6. The number of aromatic hydroxyl groups is 1. The van der Waals surface area contributed by atoms with Crippen molar-refractivity contribution < 1.29 is 28.9 Å². The highest BCUT2D eigenvalue weighted by atomic mass is 19.1. The van der Waals surface area contributed by atoms with E-state index in [0.29, 0.717) is 33.3 Å². The average molecular weight is 517 g/mol. The molecule has 38 heavy (non-hydrogen) atoms. The van der Waals surface area contributed by atoms with E-state index in [0.717, 1.165) is 0 Å². The predicted octanol–water partition coefficient (Wildman–Crippen LogP) is 2.91. The molecule has 1 aliphatic heterocycles. The molecule has 2 amide bonds. The van der Waals surface area contributed by atoms with Crippen LogP contribution in [0.5, 0.6) is 11.5 Å². The number of nitrogens with two attached hydrogens (primary N) is 1. The molecule has 5 rings (SSSR count). The summed E-state index contributed by atoms with van der Waals surface area (Å²) in [5.41, 5.74) is 4.43. The number of amides is 2. The SMILES string of the molecule is C[C@](O)(CNC(=O)c1cc(O)c2cnccc2c1)c1cc2c(c(-c3ccc(F)cc3)n1)OC[C@]2(C)C(N)=O. The molecular weight excluding hydrogens is 491 g/mol. The number of nitrogens with one attached hydrogen (secondary N) is 1. The van der Waals surface area contributed by atoms with Gasteiger partial charge in [0.2, 0.25) is 5.91 Å². The van der Waals surface area contributed by atoms with Gasteiger partial charge in [-0.1, -0.05) is 0 Å². The number of phenols is 1. The number of phenolic OH excluding ortho intramolecular Hbond substituents is 1. The normalized spacial score (nSPS) is 17.9. The molecule has 194 valence electrons. The molecule has 2 atom stereocenters. The first-order valence-corrected chi connectivity index (χ1v) is 11.8. The highest BCUT2D eigenvalue weighted by molar-refractivity contribution is 6.00. The van der Waals surface area contributed by atoms with Crippen LogP contribution in [0.4, 0.5) is 4.39 Å². The number of nitrogens with zero attached hydrogens (tertiary/aromatic N) is 2. The number of hydrogen-bond acceptors (Lipinski definition) is 7. The van der Waals surface area contributed by atoms with Crippen molar-refractivity contribution in [1.29, 1.82) is 0 Å². The lowest BCUT2D eigenvalue weighted by molar-refractivity contribution is -0.123. The van der Waals surface area contributed by atoms with Gasteiger partial charge in [0.25, 0.3) is 5.91 Å². The van der Waals surface area contributed by atoms with E-state index < -0.39 is 28.6 Å². The number of aromatic nitrogens is 2. The number of primary amides is 1. The molecule has 0 spiro atoms. The fourth-order valence-electron chi connectivity index (χ4n) is 4.42. The van der Waals surface area contributed by atoms with Crippen molar-refractivity contribution in [1.82, 2.24) is 15.3 Å². The summed E-state index contributed by atoms with van der Waals surface area (Å²) in [5, 5.41) is 25.5. The van der Waals surface area contributed by atoms with Crippen molar-refractivity contribution in [3.8, 4) is 22.8 Å². The van der Waals surface area contributed by atoms with Crippen LogP contribution in [0.1, 0.15) is 35.5 Å². The third kappa shape index (κ3) is 4.28. The molecule has 1 aliphatic rings. The van der Waals surface area contributed by atoms with Crippen LogP contribution in [0.3, 0.4) is 0 Å². The van der Waals surface area contributed by atoms with Crippen molar-refractivity contribution in [3.05, 3.63) is 83.6 Å². The molecule has 2 aromatic carbocycles. The van der Waals surface area contributed by atoms with Crippen LogP contribution in [0.15, 0.2) is 60.9 Å². The molecule has 3 heterocycles. The molecule has 0 unspecified atom stereocenters. The largest absolute Gasteiger partial charge is 0.507 e. The number of hydrogen-bond donors (Lipinski definition) is 4. The van der Waals surface area contributed by atoms with E-state index in [2.05, 4.69) is 15.3 Å². The molecule has 0 saturated carbocycles. The van der Waals surface area contributed by atoms with Crippen molar-refractivity contribution >= 4 is 22.6 Å². The van der Waals surface area contributed by atoms with Gasteiger partial charge in [-0.15, -0.1) is 0 Å². The molecule has 0 saturated heterocycles. The summed E-state index contributed by atoms with van der Waals surface area (Å²) >= 11 is 0. The molecule has 0 fully saturated rings. The number of pyridine rings is 2. The molecule has 4 aromatic rings. The van der Waals surface area contributed by atoms with Crippen molar-refractivity contribution in [2.24, 2.45) is 5.73 Å². The Morgan fingerprint density at radius 2 is 1.95 bits per heavy atom. The minimum Gasteiger partial charge on any atom is -0.507 e. The van der Waals surface area contributed by atoms with Gasteiger partial charge in [0.05, 0.1) is 12.2 Å². The Hall–Kier alpha value is -4.57. The Balaban J connectivity index is 1.49. The lowest BCUT2D eigenvalue weighted by atomic mass is 9.82. The van der Waals surface area contributed by atoms with Crippen LogP contribution in [-0.4, -0.2) is 45.1 Å². The monoisotopic (exact) mass is 516 g/mol. The second kappa shape index (κ2) is 9.07. The summed E-state index contributed by atoms with van der Waals surface area (Å²) in [6, 6.07) is 11.7. The van der Waals surface area contributed by atoms with E-state index in [1.807, 2.05) is 0 Å². The van der Waals surface area contributed by atoms with Gasteiger partial charge in [0.1, 0.15) is 40.6 Å². The molecule has 0 bridgehead atoms. The summed E-state index contributed by atoms with van der Waals surface area (Å²) in [5.74, 6) is -1.34. The zero-order valence-electron chi connectivity index (χ0n) is 20.7. The van der Waals surface area contributed by atoms with Gasteiger partial charge in [-0.25, -0.2) is 9.37 Å². The lowest BCUT2D eigenvalue weighted by Gasteiger charge is -2.26. The standard InChI is InChI=1S/C28H25FN4O5/c1-27(26(30)36)14-38-24-20(27)11-22(33-23(24)15-3-5-18(29)6-4-15)28(2,37)13-32-25(35)17-9-16-7-8-31-12-19(16)21(34)10-17/h3-12,34,37H,13-14H2,1-2H3,(H2,30,36)(H,32,35)/t27-,28-/m0/s1. The Bertz CT molecular complexity index is 1590. The van der Waals surface area contributed by atoms with E-state index in [1.165, 1.54) is 43.5 Å². The minimum absolute atomic E-state index is 0.0170. The van der Waals surface area contributed by atoms with E-state index in [-0.39, 0.29) is 30.2 Å². The second-order valence-corrected chi connectivity index (χ2v) is 9.77. The van der Waals surface area contributed by atoms with Gasteiger partial charge in [-0.2, -0.15) is 0 Å². The van der Waals surface area contributed by atoms with Crippen LogP contribution in [-0.2, 0) is 15.8 Å². The number of halogens is 1. The zero-order valence-corrected chi connectivity index (χ0v) is 20.7. The molecule has 5 N–H and O–H groups in total. The Labute approximate surface area is 217 Å². The number of ether oxygens (including phenoxy) is 1. The van der Waals surface area contributed by atoms with Crippen molar-refractivity contribution in [2.45, 2.75) is 24.9 Å². The number of aliphatic hydroxyl groups is 1. The average Bonchev–Trinajstić information content (AvgIpc) is 3.25. The molecule has 2 aromatic heterocycles. The van der Waals surface area contributed by atoms with Gasteiger partial charge in [-0.3, -0.25) is 14.6 Å². The molecule has 9 nitrogen and oxygen atoms in total. The topological polar surface area (TPSA) is 148 Å². The summed E-state index contributed by atoms with van der Waals surface area (Å²) in [6.45, 7) is 2.84. The maximum atomic E-state index is 13.6. The summed E-state index contributed by atoms with van der Waals surface area (Å²) in [7, 11) is 0. The third-order valence-corrected chi connectivity index (χ3v) is 6.88. The number of benzene rings is 2. The summed E-state index contributed by atoms with van der Waals surface area (Å²) in [6.07, 6.45) is 3.05. The molecule has 10 heteroatoms. The van der Waals surface area contributed by atoms with Crippen LogP contribution in [0.25, 0.3) is 22.0 Å². The van der Waals surface area contributed by atoms with Gasteiger partial charge in [0.15, 0.2) is 0 Å². The van der Waals surface area contributed by atoms with Crippen LogP contribution >= 0.6 is 0 Å². The Morgan fingerprint density at radius 1 is 1.21 bits per heavy atom. The summed E-state index contributed by atoms with van der Waals surface area (Å²) < 4.78 is 19.4. The number of carbonyl (C=O) groups excluding carboxylic acids is 2. The molecular formula is C28H25FN4O5. The van der Waals surface area contributed by atoms with Gasteiger partial charge in [-0.05, 0) is 67.8 Å². The smallest absolute Gasteiger partial charge is 0.251 e. The van der Waals surface area contributed by atoms with E-state index in [4.69, 9.17) is 10.5 Å². The second-order valence-electron chi connectivity index (χ2n) is 9.77. The van der Waals surface area contributed by atoms with Gasteiger partial charge < -0.3 is 26.0 Å². The Kier molecular flexibility index (Phi) is 5.99. The van der Waals surface area contributed by atoms with E-state index in [1.54, 1.807) is 31.3 Å². The first-order chi connectivity index (χ1) is 18.0. The third-order valence-electron chi connectivity index (χ3n) is 6.88. The summed E-state index contributed by atoms with van der Waals surface area (Å²) in [4.78, 5) is 33.9. The maximum Gasteiger partial charge on any atom is 0.251 e. The van der Waals surface area contributed by atoms with Crippen LogP contribution < -0.4 is 15.8 Å². The molecule has 0 radical (unpaired) electrons. The van der Waals surface area contributed by atoms with E-state index in [9.17, 15) is 24.2 Å². The Morgan fingerprint density at radius 3 is 2.66 bits per heavy atom. The first kappa shape index (κ1) is 25.1. The fourth-order valence-corrected chi connectivity index (χ4v) is 4.42. The van der Waals surface area contributed by atoms with Gasteiger partial charge >= 0.3 is 0 Å². The highest BCUT2D eigenvalue weighted by Gasteiger charge is 2.45. The van der Waals surface area contributed by atoms with E-state index >= 15 is 0 Å². The quantitative estimate of drug-likeness (QED) is 0.308. The van der Waals surface area contributed by atoms with Crippen molar-refractivity contribution in [3.63, 3.8) is 0 Å². The van der Waals surface area contributed by atoms with Gasteiger partial charge in [0, 0.05) is 34.5 Å². The van der Waals surface area contributed by atoms with Crippen LogP contribution in [0.2, 0.25) is 0 Å². The number of carbonyl (C=O) groups is 2. The number of fused-ring (bicyclic) bond motifs is 2.